The highest BCUT2D eigenvalue weighted by Crippen LogP contribution is 2.41. The number of hydrogen-bond acceptors (Lipinski definition) is 3. The SMILES string of the molecule is Cc1cccc(-n2c(C)cc([C@H]3[C@H](c4ccccn4)NC(=S)N3CCC(=O)Nc3cc(C)ccc3C)c2C)c1. The van der Waals surface area contributed by atoms with Gasteiger partial charge in [-0.3, -0.25) is 9.78 Å². The molecule has 1 aliphatic rings. The van der Waals surface area contributed by atoms with E-state index in [0.29, 0.717) is 18.1 Å². The van der Waals surface area contributed by atoms with E-state index in [-0.39, 0.29) is 18.0 Å². The van der Waals surface area contributed by atoms with Gasteiger partial charge in [0.1, 0.15) is 0 Å². The summed E-state index contributed by atoms with van der Waals surface area (Å²) in [5.41, 5.74) is 9.77. The Balaban J connectivity index is 1.47. The molecule has 5 rings (SSSR count). The van der Waals surface area contributed by atoms with Crippen LogP contribution in [0.15, 0.2) is 72.9 Å². The molecule has 4 aromatic rings. The van der Waals surface area contributed by atoms with Crippen LogP contribution in [0.3, 0.4) is 0 Å². The van der Waals surface area contributed by atoms with E-state index in [4.69, 9.17) is 12.2 Å². The minimum Gasteiger partial charge on any atom is -0.352 e. The first-order valence-electron chi connectivity index (χ1n) is 13.3. The second kappa shape index (κ2) is 11.0. The van der Waals surface area contributed by atoms with Crippen LogP contribution in [0.4, 0.5) is 5.69 Å². The highest BCUT2D eigenvalue weighted by atomic mass is 32.1. The zero-order valence-corrected chi connectivity index (χ0v) is 24.0. The summed E-state index contributed by atoms with van der Waals surface area (Å²) in [6.07, 6.45) is 2.13. The lowest BCUT2D eigenvalue weighted by atomic mass is 9.96. The molecule has 6 nitrogen and oxygen atoms in total. The molecular weight excluding hydrogens is 502 g/mol. The van der Waals surface area contributed by atoms with E-state index < -0.39 is 0 Å². The van der Waals surface area contributed by atoms with Gasteiger partial charge in [0, 0.05) is 41.9 Å². The van der Waals surface area contributed by atoms with E-state index >= 15 is 0 Å². The molecule has 3 heterocycles. The van der Waals surface area contributed by atoms with Gasteiger partial charge < -0.3 is 20.1 Å². The molecule has 1 fully saturated rings. The molecule has 0 aliphatic carbocycles. The van der Waals surface area contributed by atoms with Crippen molar-refractivity contribution < 1.29 is 4.79 Å². The number of aromatic nitrogens is 2. The number of benzene rings is 2. The molecule has 7 heteroatoms. The van der Waals surface area contributed by atoms with Gasteiger partial charge in [-0.2, -0.15) is 0 Å². The molecule has 2 aromatic carbocycles. The quantitative estimate of drug-likeness (QED) is 0.267. The summed E-state index contributed by atoms with van der Waals surface area (Å²) in [6, 6.07) is 22.6. The fourth-order valence-corrected chi connectivity index (χ4v) is 5.87. The number of aryl methyl sites for hydroxylation is 4. The number of carbonyl (C=O) groups is 1. The summed E-state index contributed by atoms with van der Waals surface area (Å²) >= 11 is 5.86. The lowest BCUT2D eigenvalue weighted by Gasteiger charge is -2.28. The van der Waals surface area contributed by atoms with Gasteiger partial charge in [-0.25, -0.2) is 0 Å². The standard InChI is InChI=1S/C32H35N5OS/c1-20-9-8-10-25(17-20)37-23(4)19-26(24(37)5)31-30(27-11-6-7-15-33-27)35-32(39)36(31)16-14-29(38)34-28-18-21(2)12-13-22(28)3/h6-13,15,17-19,30-31H,14,16H2,1-5H3,(H,34,38)(H,35,39)/t30-,31-/m0/s1. The van der Waals surface area contributed by atoms with Crippen LogP contribution >= 0.6 is 12.2 Å². The van der Waals surface area contributed by atoms with Crippen molar-refractivity contribution in [2.75, 3.05) is 11.9 Å². The Morgan fingerprint density at radius 3 is 2.51 bits per heavy atom. The molecule has 0 saturated carbocycles. The Labute approximate surface area is 236 Å². The van der Waals surface area contributed by atoms with Crippen LogP contribution in [0.25, 0.3) is 5.69 Å². The fourth-order valence-electron chi connectivity index (χ4n) is 5.54. The predicted molar refractivity (Wildman–Crippen MR) is 161 cm³/mol. The molecule has 200 valence electrons. The highest BCUT2D eigenvalue weighted by molar-refractivity contribution is 7.80. The van der Waals surface area contributed by atoms with Gasteiger partial charge in [0.05, 0.1) is 17.8 Å². The van der Waals surface area contributed by atoms with Gasteiger partial charge in [-0.05, 0) is 105 Å². The predicted octanol–water partition coefficient (Wildman–Crippen LogP) is 6.42. The topological polar surface area (TPSA) is 62.2 Å². The first kappa shape index (κ1) is 26.6. The summed E-state index contributed by atoms with van der Waals surface area (Å²) in [7, 11) is 0. The van der Waals surface area contributed by atoms with E-state index in [9.17, 15) is 4.79 Å². The van der Waals surface area contributed by atoms with Crippen molar-refractivity contribution in [3.8, 4) is 5.69 Å². The third kappa shape index (κ3) is 5.45. The number of thiocarbonyl (C=S) groups is 1. The normalized spacial score (nSPS) is 16.8. The van der Waals surface area contributed by atoms with E-state index in [1.54, 1.807) is 0 Å². The fraction of sp³-hybridized carbons (Fsp3) is 0.281. The number of rotatable bonds is 7. The second-order valence-electron chi connectivity index (χ2n) is 10.4. The largest absolute Gasteiger partial charge is 0.352 e. The molecule has 2 aromatic heterocycles. The maximum atomic E-state index is 13.1. The van der Waals surface area contributed by atoms with Crippen LogP contribution in [0.2, 0.25) is 0 Å². The summed E-state index contributed by atoms with van der Waals surface area (Å²) in [6.45, 7) is 10.9. The Morgan fingerprint density at radius 2 is 1.77 bits per heavy atom. The zero-order chi connectivity index (χ0) is 27.7. The maximum absolute atomic E-state index is 13.1. The Bertz CT molecular complexity index is 1530. The molecule has 0 unspecified atom stereocenters. The number of pyridine rings is 1. The molecule has 0 radical (unpaired) electrons. The van der Waals surface area contributed by atoms with Crippen molar-refractivity contribution >= 4 is 28.9 Å². The van der Waals surface area contributed by atoms with Crippen LogP contribution in [-0.2, 0) is 4.79 Å². The third-order valence-corrected chi connectivity index (χ3v) is 7.85. The van der Waals surface area contributed by atoms with Crippen LogP contribution in [0.1, 0.15) is 57.8 Å². The number of nitrogens with zero attached hydrogens (tertiary/aromatic N) is 3. The summed E-state index contributed by atoms with van der Waals surface area (Å²) < 4.78 is 2.30. The molecule has 0 bridgehead atoms. The molecule has 1 aliphatic heterocycles. The lowest BCUT2D eigenvalue weighted by Crippen LogP contribution is -2.33. The zero-order valence-electron chi connectivity index (χ0n) is 23.2. The van der Waals surface area contributed by atoms with E-state index in [0.717, 1.165) is 39.6 Å². The van der Waals surface area contributed by atoms with Crippen molar-refractivity contribution in [3.05, 3.63) is 112 Å². The maximum Gasteiger partial charge on any atom is 0.226 e. The van der Waals surface area contributed by atoms with E-state index in [1.165, 1.54) is 11.1 Å². The van der Waals surface area contributed by atoms with Gasteiger partial charge in [0.15, 0.2) is 5.11 Å². The van der Waals surface area contributed by atoms with Crippen molar-refractivity contribution in [1.82, 2.24) is 19.8 Å². The second-order valence-corrected chi connectivity index (χ2v) is 10.8. The molecule has 2 N–H and O–H groups in total. The van der Waals surface area contributed by atoms with Crippen LogP contribution in [0, 0.1) is 34.6 Å². The van der Waals surface area contributed by atoms with Crippen LogP contribution in [-0.4, -0.2) is 32.0 Å². The molecule has 0 spiro atoms. The number of amides is 1. The molecule has 2 atom stereocenters. The smallest absolute Gasteiger partial charge is 0.226 e. The van der Waals surface area contributed by atoms with Gasteiger partial charge >= 0.3 is 0 Å². The third-order valence-electron chi connectivity index (χ3n) is 7.49. The van der Waals surface area contributed by atoms with Gasteiger partial charge in [0.2, 0.25) is 5.91 Å². The van der Waals surface area contributed by atoms with Crippen LogP contribution in [0.5, 0.6) is 0 Å². The minimum atomic E-state index is -0.132. The number of nitrogens with one attached hydrogen (secondary N) is 2. The average molecular weight is 538 g/mol. The number of hydrogen-bond donors (Lipinski definition) is 2. The first-order valence-corrected chi connectivity index (χ1v) is 13.7. The van der Waals surface area contributed by atoms with Crippen molar-refractivity contribution in [2.45, 2.75) is 53.1 Å². The van der Waals surface area contributed by atoms with Gasteiger partial charge in [-0.15, -0.1) is 0 Å². The van der Waals surface area contributed by atoms with Gasteiger partial charge in [-0.1, -0.05) is 30.3 Å². The number of carbonyl (C=O) groups excluding carboxylic acids is 1. The summed E-state index contributed by atoms with van der Waals surface area (Å²) in [5.74, 6) is -0.0308. The Hall–Kier alpha value is -3.97. The monoisotopic (exact) mass is 537 g/mol. The van der Waals surface area contributed by atoms with E-state index in [1.807, 2.05) is 50.4 Å². The number of anilines is 1. The van der Waals surface area contributed by atoms with Crippen LogP contribution < -0.4 is 10.6 Å². The van der Waals surface area contributed by atoms with E-state index in [2.05, 4.69) is 82.3 Å². The minimum absolute atomic E-state index is 0.0308. The Kier molecular flexibility index (Phi) is 7.53. The molecule has 1 saturated heterocycles. The van der Waals surface area contributed by atoms with Crippen molar-refractivity contribution in [2.24, 2.45) is 0 Å². The summed E-state index contributed by atoms with van der Waals surface area (Å²) in [5, 5.41) is 7.25. The lowest BCUT2D eigenvalue weighted by molar-refractivity contribution is -0.116. The highest BCUT2D eigenvalue weighted by Gasteiger charge is 2.41. The first-order chi connectivity index (χ1) is 18.7. The van der Waals surface area contributed by atoms with Crippen molar-refractivity contribution in [1.29, 1.82) is 0 Å². The molecular formula is C32H35N5OS. The average Bonchev–Trinajstić information content (AvgIpc) is 3.39. The van der Waals surface area contributed by atoms with Crippen molar-refractivity contribution in [3.63, 3.8) is 0 Å². The molecule has 39 heavy (non-hydrogen) atoms. The molecule has 1 amide bonds. The summed E-state index contributed by atoms with van der Waals surface area (Å²) in [4.78, 5) is 19.9. The Morgan fingerprint density at radius 1 is 0.974 bits per heavy atom. The van der Waals surface area contributed by atoms with Gasteiger partial charge in [0.25, 0.3) is 0 Å².